The van der Waals surface area contributed by atoms with Crippen molar-refractivity contribution in [3.8, 4) is 17.1 Å². The van der Waals surface area contributed by atoms with Gasteiger partial charge in [-0.05, 0) is 36.6 Å². The van der Waals surface area contributed by atoms with Crippen molar-refractivity contribution in [2.24, 2.45) is 7.05 Å². The number of carbonyl (C=O) groups is 2. The van der Waals surface area contributed by atoms with Gasteiger partial charge in [0.25, 0.3) is 5.91 Å². The number of pyridine rings is 1. The number of amides is 1. The van der Waals surface area contributed by atoms with Crippen molar-refractivity contribution in [1.82, 2.24) is 29.9 Å². The fraction of sp³-hybridized carbons (Fsp3) is 0.417. The first-order chi connectivity index (χ1) is 18.0. The maximum atomic E-state index is 13.3. The number of aromatic nitrogens is 5. The van der Waals surface area contributed by atoms with Crippen LogP contribution in [-0.2, 0) is 41.8 Å². The highest BCUT2D eigenvalue weighted by molar-refractivity contribution is 5.81. The number of rotatable bonds is 9. The average molecular weight is 558 g/mol. The quantitative estimate of drug-likeness (QED) is 0.368. The Hall–Kier alpha value is -4.04. The Kier molecular flexibility index (Phi) is 8.61. The number of ketones is 1. The Morgan fingerprint density at radius 1 is 1.03 bits per heavy atom. The molecule has 3 aromatic heterocycles. The van der Waals surface area contributed by atoms with Gasteiger partial charge in [0.15, 0.2) is 12.3 Å². The molecule has 0 radical (unpaired) electrons. The van der Waals surface area contributed by atoms with Crippen molar-refractivity contribution in [3.05, 3.63) is 52.6 Å². The fourth-order valence-electron chi connectivity index (χ4n) is 3.53. The van der Waals surface area contributed by atoms with Crippen LogP contribution in [0.15, 0.2) is 24.4 Å². The molecule has 0 fully saturated rings. The van der Waals surface area contributed by atoms with Gasteiger partial charge in [-0.2, -0.15) is 36.5 Å². The Labute approximate surface area is 218 Å². The zero-order valence-electron chi connectivity index (χ0n) is 21.3. The largest absolute Gasteiger partial charge is 0.468 e. The van der Waals surface area contributed by atoms with E-state index in [9.17, 15) is 35.9 Å². The van der Waals surface area contributed by atoms with Crippen molar-refractivity contribution in [2.45, 2.75) is 38.5 Å². The molecule has 0 saturated carbocycles. The van der Waals surface area contributed by atoms with Gasteiger partial charge >= 0.3 is 12.4 Å². The first kappa shape index (κ1) is 29.5. The maximum absolute atomic E-state index is 13.3. The number of likely N-dealkylation sites (N-methyl/N-ethyl adjacent to an activating group) is 1. The van der Waals surface area contributed by atoms with Crippen LogP contribution in [0.25, 0.3) is 11.3 Å². The number of nitrogens with zero attached hydrogens (tertiary/aromatic N) is 6. The number of hydrogen-bond acceptors (Lipinski definition) is 7. The highest BCUT2D eigenvalue weighted by atomic mass is 19.4. The van der Waals surface area contributed by atoms with Crippen molar-refractivity contribution >= 4 is 11.7 Å². The molecule has 0 aliphatic rings. The van der Waals surface area contributed by atoms with Crippen LogP contribution in [0.3, 0.4) is 0 Å². The minimum atomic E-state index is -4.81. The second kappa shape index (κ2) is 11.4. The summed E-state index contributed by atoms with van der Waals surface area (Å²) in [6.45, 7) is 1.01. The molecule has 0 aliphatic heterocycles. The molecule has 3 aromatic rings. The highest BCUT2D eigenvalue weighted by Gasteiger charge is 2.38. The van der Waals surface area contributed by atoms with Gasteiger partial charge in [-0.25, -0.2) is 4.98 Å². The molecule has 0 N–H and O–H groups in total. The van der Waals surface area contributed by atoms with Gasteiger partial charge in [-0.1, -0.05) is 0 Å². The van der Waals surface area contributed by atoms with Crippen LogP contribution in [-0.4, -0.2) is 62.3 Å². The van der Waals surface area contributed by atoms with Crippen LogP contribution in [0, 0.1) is 6.92 Å². The summed E-state index contributed by atoms with van der Waals surface area (Å²) in [5, 5.41) is 11.3. The van der Waals surface area contributed by atoms with Crippen LogP contribution < -0.4 is 4.74 Å². The third-order valence-corrected chi connectivity index (χ3v) is 5.44. The zero-order valence-corrected chi connectivity index (χ0v) is 21.3. The molecule has 0 saturated heterocycles. The molecule has 3 rings (SSSR count). The van der Waals surface area contributed by atoms with Gasteiger partial charge < -0.3 is 9.64 Å². The first-order valence-corrected chi connectivity index (χ1v) is 11.4. The maximum Gasteiger partial charge on any atom is 0.435 e. The summed E-state index contributed by atoms with van der Waals surface area (Å²) in [4.78, 5) is 28.8. The Balaban J connectivity index is 1.71. The minimum Gasteiger partial charge on any atom is -0.468 e. The predicted octanol–water partition coefficient (Wildman–Crippen LogP) is 3.83. The van der Waals surface area contributed by atoms with Crippen LogP contribution >= 0.6 is 0 Å². The lowest BCUT2D eigenvalue weighted by molar-refractivity contribution is -0.142. The van der Waals surface area contributed by atoms with E-state index in [2.05, 4.69) is 20.3 Å². The summed E-state index contributed by atoms with van der Waals surface area (Å²) >= 11 is 0. The normalized spacial score (nSPS) is 11.9. The van der Waals surface area contributed by atoms with E-state index >= 15 is 0 Å². The van der Waals surface area contributed by atoms with E-state index in [1.807, 2.05) is 0 Å². The molecular formula is C24H24F6N6O3. The first-order valence-electron chi connectivity index (χ1n) is 11.4. The van der Waals surface area contributed by atoms with E-state index in [0.717, 1.165) is 16.8 Å². The van der Waals surface area contributed by atoms with E-state index in [1.165, 1.54) is 38.3 Å². The number of halogens is 6. The predicted molar refractivity (Wildman–Crippen MR) is 124 cm³/mol. The average Bonchev–Trinajstić information content (AvgIpc) is 3.22. The Morgan fingerprint density at radius 3 is 2.31 bits per heavy atom. The fourth-order valence-corrected chi connectivity index (χ4v) is 3.53. The Morgan fingerprint density at radius 2 is 1.72 bits per heavy atom. The van der Waals surface area contributed by atoms with Gasteiger partial charge in [-0.3, -0.25) is 14.3 Å². The summed E-state index contributed by atoms with van der Waals surface area (Å²) in [5.74, 6) is -1.37. The second-order valence-corrected chi connectivity index (χ2v) is 8.92. The number of Topliss-reactive ketones (excluding diaryl/α,β-unsaturated/α-hetero) is 1. The summed E-state index contributed by atoms with van der Waals surface area (Å²) in [6.07, 6.45) is -8.75. The number of hydrogen-bond donors (Lipinski definition) is 0. The van der Waals surface area contributed by atoms with E-state index in [-0.39, 0.29) is 36.1 Å². The van der Waals surface area contributed by atoms with Crippen molar-refractivity contribution < 1.29 is 40.7 Å². The lowest BCUT2D eigenvalue weighted by Crippen LogP contribution is -2.27. The molecule has 0 bridgehead atoms. The summed E-state index contributed by atoms with van der Waals surface area (Å²) in [5.41, 5.74) is -1.93. The Bertz CT molecular complexity index is 1370. The molecular weight excluding hydrogens is 534 g/mol. The van der Waals surface area contributed by atoms with Gasteiger partial charge in [0.1, 0.15) is 11.5 Å². The molecule has 9 nitrogen and oxygen atoms in total. The highest BCUT2D eigenvalue weighted by Crippen LogP contribution is 2.36. The molecule has 0 spiro atoms. The zero-order chi connectivity index (χ0) is 29.1. The summed E-state index contributed by atoms with van der Waals surface area (Å²) in [6, 6.07) is 3.37. The number of carbonyl (C=O) groups excluding carboxylic acids is 2. The van der Waals surface area contributed by atoms with Gasteiger partial charge in [0.05, 0.1) is 17.0 Å². The van der Waals surface area contributed by atoms with Gasteiger partial charge in [0.2, 0.25) is 5.88 Å². The van der Waals surface area contributed by atoms with Crippen LogP contribution in [0.5, 0.6) is 5.88 Å². The van der Waals surface area contributed by atoms with Crippen molar-refractivity contribution in [1.29, 1.82) is 0 Å². The smallest absolute Gasteiger partial charge is 0.435 e. The van der Waals surface area contributed by atoms with Gasteiger partial charge in [-0.15, -0.1) is 5.10 Å². The monoisotopic (exact) mass is 558 g/mol. The van der Waals surface area contributed by atoms with Crippen molar-refractivity contribution in [2.75, 3.05) is 20.7 Å². The standard InChI is InChI=1S/C24H24F6N6O3/c1-13-7-15(32-33-21(13)17-11-36(4)34-22(17)24(28,29)30)5-6-16(37)8-14-9-18(23(25,26)27)31-19(10-14)39-12-20(38)35(2)3/h7,9-11H,5-6,8,12H2,1-4H3. The third kappa shape index (κ3) is 7.74. The topological polar surface area (TPSA) is 103 Å². The molecule has 3 heterocycles. The molecule has 15 heteroatoms. The lowest BCUT2D eigenvalue weighted by atomic mass is 10.0. The summed E-state index contributed by atoms with van der Waals surface area (Å²) in [7, 11) is 4.25. The molecule has 0 unspecified atom stereocenters. The summed E-state index contributed by atoms with van der Waals surface area (Å²) < 4.78 is 86.0. The van der Waals surface area contributed by atoms with E-state index < -0.39 is 47.9 Å². The van der Waals surface area contributed by atoms with E-state index in [0.29, 0.717) is 11.3 Å². The molecule has 0 aromatic carbocycles. The third-order valence-electron chi connectivity index (χ3n) is 5.44. The molecule has 210 valence electrons. The second-order valence-electron chi connectivity index (χ2n) is 8.92. The van der Waals surface area contributed by atoms with Crippen LogP contribution in [0.2, 0.25) is 0 Å². The SMILES string of the molecule is Cc1cc(CCC(=O)Cc2cc(OCC(=O)N(C)C)nc(C(F)(F)F)c2)nnc1-c1cn(C)nc1C(F)(F)F. The molecule has 0 atom stereocenters. The van der Waals surface area contributed by atoms with Crippen LogP contribution in [0.4, 0.5) is 26.3 Å². The molecule has 39 heavy (non-hydrogen) atoms. The number of aryl methyl sites for hydroxylation is 3. The minimum absolute atomic E-state index is 0.0107. The van der Waals surface area contributed by atoms with Crippen LogP contribution in [0.1, 0.15) is 34.6 Å². The van der Waals surface area contributed by atoms with Gasteiger partial charge in [0, 0.05) is 46.2 Å². The lowest BCUT2D eigenvalue weighted by Gasteiger charge is -2.14. The molecule has 1 amide bonds. The van der Waals surface area contributed by atoms with E-state index in [1.54, 1.807) is 6.92 Å². The number of alkyl halides is 6. The number of ether oxygens (including phenoxy) is 1. The van der Waals surface area contributed by atoms with E-state index in [4.69, 9.17) is 4.74 Å². The van der Waals surface area contributed by atoms with Crippen molar-refractivity contribution in [3.63, 3.8) is 0 Å². The molecule has 0 aliphatic carbocycles.